The fourth-order valence-corrected chi connectivity index (χ4v) is 6.90. The third-order valence-corrected chi connectivity index (χ3v) is 8.73. The first-order valence-corrected chi connectivity index (χ1v) is 14.0. The molecule has 1 atom stereocenters. The fraction of sp³-hybridized carbons (Fsp3) is 0.0286. The molecule has 0 bridgehead atoms. The van der Waals surface area contributed by atoms with Crippen LogP contribution in [0.3, 0.4) is 0 Å². The Balaban J connectivity index is 1.34. The number of hydrogen-bond acceptors (Lipinski definition) is 3. The molecule has 8 rings (SSSR count). The molecule has 0 saturated heterocycles. The van der Waals surface area contributed by atoms with Gasteiger partial charge >= 0.3 is 0 Å². The zero-order valence-electron chi connectivity index (χ0n) is 21.3. The fourth-order valence-electron chi connectivity index (χ4n) is 5.79. The van der Waals surface area contributed by atoms with E-state index in [1.54, 1.807) is 17.5 Å². The summed E-state index contributed by atoms with van der Waals surface area (Å²) in [6.07, 6.45) is 2.30. The lowest BCUT2D eigenvalue weighted by atomic mass is 9.99. The summed E-state index contributed by atoms with van der Waals surface area (Å²) < 4.78 is 20.9. The standard InChI is InChI=1S/C35H22FN3S/c36-33(23-9-5-8-22(20-23)29-14-3-4-18-37-29)24-10-6-11-25(21-24)39-34-26(27-13-7-19-38-35(27)39)16-17-31-32(34)28-12-1-2-15-30(28)40-31/h1-21,33H. The monoisotopic (exact) mass is 535 g/mol. The van der Waals surface area contributed by atoms with Crippen molar-refractivity contribution in [1.82, 2.24) is 14.5 Å². The first-order valence-electron chi connectivity index (χ1n) is 13.2. The van der Waals surface area contributed by atoms with Gasteiger partial charge in [0, 0.05) is 54.6 Å². The second kappa shape index (κ2) is 9.11. The molecule has 8 aromatic rings. The van der Waals surface area contributed by atoms with E-state index in [2.05, 4.69) is 52.0 Å². The number of fused-ring (bicyclic) bond motifs is 7. The topological polar surface area (TPSA) is 30.7 Å². The van der Waals surface area contributed by atoms with Crippen molar-refractivity contribution in [1.29, 1.82) is 0 Å². The summed E-state index contributed by atoms with van der Waals surface area (Å²) in [5.74, 6) is 0. The number of nitrogens with zero attached hydrogens (tertiary/aromatic N) is 3. The van der Waals surface area contributed by atoms with Crippen molar-refractivity contribution in [3.05, 3.63) is 139 Å². The van der Waals surface area contributed by atoms with Crippen LogP contribution in [0.4, 0.5) is 4.39 Å². The van der Waals surface area contributed by atoms with Crippen molar-refractivity contribution >= 4 is 53.4 Å². The Morgan fingerprint density at radius 2 is 1.43 bits per heavy atom. The molecule has 4 aromatic carbocycles. The van der Waals surface area contributed by atoms with Gasteiger partial charge in [-0.1, -0.05) is 60.7 Å². The molecular formula is C35H22FN3S. The van der Waals surface area contributed by atoms with Crippen LogP contribution in [0.15, 0.2) is 128 Å². The van der Waals surface area contributed by atoms with E-state index in [1.807, 2.05) is 79.0 Å². The van der Waals surface area contributed by atoms with E-state index in [-0.39, 0.29) is 0 Å². The SMILES string of the molecule is FC(c1cccc(-c2ccccn2)c1)c1cccc(-n2c3ncccc3c3ccc4sc5ccccc5c4c32)c1. The number of halogens is 1. The highest BCUT2D eigenvalue weighted by atomic mass is 32.1. The highest BCUT2D eigenvalue weighted by Crippen LogP contribution is 2.42. The number of benzene rings is 4. The number of rotatable bonds is 4. The third kappa shape index (κ3) is 3.55. The molecule has 40 heavy (non-hydrogen) atoms. The van der Waals surface area contributed by atoms with Crippen molar-refractivity contribution in [2.24, 2.45) is 0 Å². The maximum Gasteiger partial charge on any atom is 0.150 e. The summed E-state index contributed by atoms with van der Waals surface area (Å²) in [6.45, 7) is 0. The minimum atomic E-state index is -1.29. The molecule has 0 N–H and O–H groups in total. The number of hydrogen-bond donors (Lipinski definition) is 0. The van der Waals surface area contributed by atoms with Crippen LogP contribution < -0.4 is 0 Å². The van der Waals surface area contributed by atoms with Crippen molar-refractivity contribution in [3.63, 3.8) is 0 Å². The summed E-state index contributed by atoms with van der Waals surface area (Å²) in [4.78, 5) is 9.25. The third-order valence-electron chi connectivity index (χ3n) is 7.59. The van der Waals surface area contributed by atoms with Crippen LogP contribution in [-0.4, -0.2) is 14.5 Å². The molecule has 190 valence electrons. The first kappa shape index (κ1) is 23.1. The highest BCUT2D eigenvalue weighted by molar-refractivity contribution is 7.26. The molecule has 0 spiro atoms. The van der Waals surface area contributed by atoms with Gasteiger partial charge in [-0.3, -0.25) is 9.55 Å². The van der Waals surface area contributed by atoms with Gasteiger partial charge in [0.2, 0.25) is 0 Å². The lowest BCUT2D eigenvalue weighted by Gasteiger charge is -2.14. The molecule has 0 aliphatic carbocycles. The van der Waals surface area contributed by atoms with Crippen LogP contribution in [0.1, 0.15) is 17.3 Å². The van der Waals surface area contributed by atoms with Gasteiger partial charge in [-0.15, -0.1) is 11.3 Å². The van der Waals surface area contributed by atoms with Gasteiger partial charge in [0.1, 0.15) is 5.65 Å². The normalized spacial score (nSPS) is 12.5. The molecule has 0 aliphatic heterocycles. The van der Waals surface area contributed by atoms with E-state index >= 15 is 4.39 Å². The summed E-state index contributed by atoms with van der Waals surface area (Å²) in [5, 5.41) is 4.66. The lowest BCUT2D eigenvalue weighted by Crippen LogP contribution is -2.00. The Bertz CT molecular complexity index is 2200. The Kier molecular flexibility index (Phi) is 5.25. The molecule has 0 fully saturated rings. The van der Waals surface area contributed by atoms with Gasteiger partial charge < -0.3 is 0 Å². The average Bonchev–Trinajstić information content (AvgIpc) is 3.57. The quantitative estimate of drug-likeness (QED) is 0.225. The van der Waals surface area contributed by atoms with Crippen molar-refractivity contribution in [3.8, 4) is 16.9 Å². The van der Waals surface area contributed by atoms with E-state index in [9.17, 15) is 0 Å². The Morgan fingerprint density at radius 1 is 0.625 bits per heavy atom. The van der Waals surface area contributed by atoms with E-state index in [1.165, 1.54) is 20.2 Å². The van der Waals surface area contributed by atoms with E-state index < -0.39 is 6.17 Å². The van der Waals surface area contributed by atoms with Crippen LogP contribution in [0, 0.1) is 0 Å². The summed E-state index contributed by atoms with van der Waals surface area (Å²) in [5.41, 5.74) is 5.79. The van der Waals surface area contributed by atoms with E-state index in [0.29, 0.717) is 11.1 Å². The highest BCUT2D eigenvalue weighted by Gasteiger charge is 2.20. The van der Waals surface area contributed by atoms with Crippen LogP contribution in [0.25, 0.3) is 59.1 Å². The second-order valence-corrected chi connectivity index (χ2v) is 11.0. The molecule has 3 nitrogen and oxygen atoms in total. The van der Waals surface area contributed by atoms with Gasteiger partial charge in [-0.2, -0.15) is 0 Å². The average molecular weight is 536 g/mol. The first-order chi connectivity index (χ1) is 19.8. The zero-order valence-corrected chi connectivity index (χ0v) is 22.1. The number of alkyl halides is 1. The van der Waals surface area contributed by atoms with Gasteiger partial charge in [0.25, 0.3) is 0 Å². The molecule has 1 unspecified atom stereocenters. The van der Waals surface area contributed by atoms with Crippen LogP contribution >= 0.6 is 11.3 Å². The molecule has 0 amide bonds. The number of thiophene rings is 1. The molecule has 4 heterocycles. The second-order valence-electron chi connectivity index (χ2n) is 9.94. The molecule has 5 heteroatoms. The zero-order chi connectivity index (χ0) is 26.6. The predicted octanol–water partition coefficient (Wildman–Crippen LogP) is 9.67. The number of aromatic nitrogens is 3. The summed E-state index contributed by atoms with van der Waals surface area (Å²) in [7, 11) is 0. The van der Waals surface area contributed by atoms with Crippen molar-refractivity contribution < 1.29 is 4.39 Å². The molecule has 0 saturated carbocycles. The maximum atomic E-state index is 16.2. The van der Waals surface area contributed by atoms with Gasteiger partial charge in [0.05, 0.1) is 11.2 Å². The summed E-state index contributed by atoms with van der Waals surface area (Å²) >= 11 is 1.80. The van der Waals surface area contributed by atoms with Gasteiger partial charge in [0.15, 0.2) is 6.17 Å². The van der Waals surface area contributed by atoms with E-state index in [0.717, 1.165) is 38.9 Å². The Hall–Kier alpha value is -4.87. The van der Waals surface area contributed by atoms with Crippen molar-refractivity contribution in [2.75, 3.05) is 0 Å². The lowest BCUT2D eigenvalue weighted by molar-refractivity contribution is 0.402. The minimum Gasteiger partial charge on any atom is -0.293 e. The Morgan fingerprint density at radius 3 is 2.33 bits per heavy atom. The predicted molar refractivity (Wildman–Crippen MR) is 164 cm³/mol. The molecule has 0 aliphatic rings. The van der Waals surface area contributed by atoms with Crippen molar-refractivity contribution in [2.45, 2.75) is 6.17 Å². The smallest absolute Gasteiger partial charge is 0.150 e. The largest absolute Gasteiger partial charge is 0.293 e. The van der Waals surface area contributed by atoms with Gasteiger partial charge in [-0.05, 0) is 65.7 Å². The van der Waals surface area contributed by atoms with Crippen LogP contribution in [0.5, 0.6) is 0 Å². The minimum absolute atomic E-state index is 0.601. The van der Waals surface area contributed by atoms with Crippen LogP contribution in [-0.2, 0) is 0 Å². The molecular weight excluding hydrogens is 513 g/mol. The van der Waals surface area contributed by atoms with Crippen LogP contribution in [0.2, 0.25) is 0 Å². The van der Waals surface area contributed by atoms with Gasteiger partial charge in [-0.25, -0.2) is 9.37 Å². The molecule has 0 radical (unpaired) electrons. The Labute approximate surface area is 233 Å². The maximum absolute atomic E-state index is 16.2. The molecule has 4 aromatic heterocycles. The van der Waals surface area contributed by atoms with E-state index in [4.69, 9.17) is 4.98 Å². The summed E-state index contributed by atoms with van der Waals surface area (Å²) in [6, 6.07) is 38.2. The number of pyridine rings is 2.